The van der Waals surface area contributed by atoms with Crippen molar-refractivity contribution in [2.24, 2.45) is 17.5 Å². The van der Waals surface area contributed by atoms with Crippen molar-refractivity contribution in [3.05, 3.63) is 0 Å². The zero-order valence-corrected chi connectivity index (χ0v) is 7.01. The van der Waals surface area contributed by atoms with Crippen LogP contribution in [0.4, 0.5) is 0 Å². The monoisotopic (exact) mass is 145 g/mol. The van der Waals surface area contributed by atoms with E-state index >= 15 is 0 Å². The Morgan fingerprint density at radius 2 is 2.10 bits per heavy atom. The molecule has 1 unspecified atom stereocenters. The first-order valence-corrected chi connectivity index (χ1v) is 3.90. The van der Waals surface area contributed by atoms with Crippen LogP contribution >= 0.6 is 0 Å². The molecule has 0 aliphatic carbocycles. The average molecular weight is 145 g/mol. The summed E-state index contributed by atoms with van der Waals surface area (Å²) in [5, 5.41) is 1.83. The van der Waals surface area contributed by atoms with Crippen molar-refractivity contribution in [1.29, 1.82) is 0 Å². The van der Waals surface area contributed by atoms with E-state index in [0.717, 1.165) is 26.1 Å². The van der Waals surface area contributed by atoms with Crippen molar-refractivity contribution in [2.45, 2.75) is 20.3 Å². The maximum Gasteiger partial charge on any atom is 0.0166 e. The molecule has 4 N–H and O–H groups in total. The fraction of sp³-hybridized carbons (Fsp3) is 1.00. The van der Waals surface area contributed by atoms with Crippen molar-refractivity contribution in [1.82, 2.24) is 5.01 Å². The molecule has 0 aliphatic rings. The van der Waals surface area contributed by atoms with E-state index in [4.69, 9.17) is 11.6 Å². The maximum absolute atomic E-state index is 5.64. The number of rotatable bonds is 5. The largest absolute Gasteiger partial charge is 0.330 e. The van der Waals surface area contributed by atoms with Crippen LogP contribution in [0, 0.1) is 5.92 Å². The molecule has 0 aromatic rings. The van der Waals surface area contributed by atoms with E-state index in [1.165, 1.54) is 0 Å². The van der Waals surface area contributed by atoms with Gasteiger partial charge >= 0.3 is 0 Å². The van der Waals surface area contributed by atoms with E-state index in [1.807, 2.05) is 5.01 Å². The Labute approximate surface area is 63.3 Å². The van der Waals surface area contributed by atoms with Gasteiger partial charge in [0.05, 0.1) is 0 Å². The molecule has 10 heavy (non-hydrogen) atoms. The van der Waals surface area contributed by atoms with Crippen LogP contribution in [0.1, 0.15) is 20.3 Å². The summed E-state index contributed by atoms with van der Waals surface area (Å²) in [5.74, 6) is 6.15. The zero-order valence-electron chi connectivity index (χ0n) is 7.01. The summed E-state index contributed by atoms with van der Waals surface area (Å²) in [4.78, 5) is 0. The van der Waals surface area contributed by atoms with Crippen LogP contribution in [0.25, 0.3) is 0 Å². The highest BCUT2D eigenvalue weighted by Crippen LogP contribution is 1.93. The maximum atomic E-state index is 5.64. The third kappa shape index (κ3) is 4.73. The van der Waals surface area contributed by atoms with Gasteiger partial charge in [-0.25, -0.2) is 5.01 Å². The van der Waals surface area contributed by atoms with Crippen molar-refractivity contribution >= 4 is 0 Å². The second-order valence-electron chi connectivity index (χ2n) is 2.84. The molecule has 0 amide bonds. The van der Waals surface area contributed by atoms with Crippen LogP contribution in [0.3, 0.4) is 0 Å². The first-order chi connectivity index (χ1) is 4.70. The highest BCUT2D eigenvalue weighted by molar-refractivity contribution is 4.56. The van der Waals surface area contributed by atoms with Crippen molar-refractivity contribution in [2.75, 3.05) is 19.6 Å². The molecule has 0 aliphatic heterocycles. The van der Waals surface area contributed by atoms with Crippen LogP contribution < -0.4 is 11.6 Å². The lowest BCUT2D eigenvalue weighted by Gasteiger charge is -2.18. The van der Waals surface area contributed by atoms with Crippen molar-refractivity contribution in [3.63, 3.8) is 0 Å². The Morgan fingerprint density at radius 1 is 1.50 bits per heavy atom. The molecule has 0 rings (SSSR count). The molecule has 3 nitrogen and oxygen atoms in total. The molecular formula is C7H19N3. The van der Waals surface area contributed by atoms with Gasteiger partial charge in [-0.2, -0.15) is 0 Å². The minimum Gasteiger partial charge on any atom is -0.330 e. The summed E-state index contributed by atoms with van der Waals surface area (Å²) >= 11 is 0. The lowest BCUT2D eigenvalue weighted by atomic mass is 10.2. The van der Waals surface area contributed by atoms with Gasteiger partial charge in [-0.1, -0.05) is 13.8 Å². The van der Waals surface area contributed by atoms with Crippen LogP contribution in [0.5, 0.6) is 0 Å². The third-order valence-electron chi connectivity index (χ3n) is 1.46. The second kappa shape index (κ2) is 5.65. The Balaban J connectivity index is 3.27. The first kappa shape index (κ1) is 9.88. The predicted octanol–water partition coefficient (Wildman–Crippen LogP) is 0.167. The number of hydrazine groups is 1. The predicted molar refractivity (Wildman–Crippen MR) is 44.3 cm³/mol. The molecular weight excluding hydrogens is 126 g/mol. The fourth-order valence-corrected chi connectivity index (χ4v) is 0.853. The normalized spacial score (nSPS) is 14.1. The van der Waals surface area contributed by atoms with Gasteiger partial charge in [0.1, 0.15) is 0 Å². The Bertz CT molecular complexity index is 75.3. The first-order valence-electron chi connectivity index (χ1n) is 3.90. The van der Waals surface area contributed by atoms with Gasteiger partial charge in [0.15, 0.2) is 0 Å². The molecule has 0 aromatic heterocycles. The van der Waals surface area contributed by atoms with Gasteiger partial charge in [-0.05, 0) is 18.9 Å². The lowest BCUT2D eigenvalue weighted by molar-refractivity contribution is 0.247. The average Bonchev–Trinajstić information content (AvgIpc) is 1.88. The highest BCUT2D eigenvalue weighted by Gasteiger charge is 2.02. The Morgan fingerprint density at radius 3 is 2.50 bits per heavy atom. The summed E-state index contributed by atoms with van der Waals surface area (Å²) in [6.07, 6.45) is 1.10. The second-order valence-corrected chi connectivity index (χ2v) is 2.84. The van der Waals surface area contributed by atoms with E-state index in [9.17, 15) is 0 Å². The number of nitrogens with two attached hydrogens (primary N) is 2. The van der Waals surface area contributed by atoms with E-state index < -0.39 is 0 Å². The van der Waals surface area contributed by atoms with E-state index in [1.54, 1.807) is 0 Å². The molecule has 0 aromatic carbocycles. The van der Waals surface area contributed by atoms with Crippen LogP contribution in [-0.2, 0) is 0 Å². The molecule has 0 spiro atoms. The summed E-state index contributed by atoms with van der Waals surface area (Å²) in [7, 11) is 0. The van der Waals surface area contributed by atoms with Gasteiger partial charge in [-0.15, -0.1) is 0 Å². The van der Waals surface area contributed by atoms with Crippen molar-refractivity contribution < 1.29 is 0 Å². The third-order valence-corrected chi connectivity index (χ3v) is 1.46. The van der Waals surface area contributed by atoms with Gasteiger partial charge in [0.25, 0.3) is 0 Å². The molecule has 0 heterocycles. The molecule has 0 radical (unpaired) electrons. The van der Waals surface area contributed by atoms with Gasteiger partial charge in [0, 0.05) is 13.1 Å². The fourth-order valence-electron chi connectivity index (χ4n) is 0.853. The number of hydrogen-bond donors (Lipinski definition) is 2. The van der Waals surface area contributed by atoms with Gasteiger partial charge in [0.2, 0.25) is 0 Å². The zero-order chi connectivity index (χ0) is 7.98. The minimum atomic E-state index is 0.511. The van der Waals surface area contributed by atoms with Crippen LogP contribution in [0.2, 0.25) is 0 Å². The molecule has 1 atom stereocenters. The van der Waals surface area contributed by atoms with Gasteiger partial charge < -0.3 is 5.73 Å². The molecule has 0 fully saturated rings. The topological polar surface area (TPSA) is 55.3 Å². The SMILES string of the molecule is CCCN(N)CC(C)CN. The summed E-state index contributed by atoms with van der Waals surface area (Å²) in [6, 6.07) is 0. The minimum absolute atomic E-state index is 0.511. The van der Waals surface area contributed by atoms with Crippen molar-refractivity contribution in [3.8, 4) is 0 Å². The molecule has 0 bridgehead atoms. The lowest BCUT2D eigenvalue weighted by Crippen LogP contribution is -2.37. The summed E-state index contributed by atoms with van der Waals surface area (Å²) in [6.45, 7) is 6.81. The molecule has 3 heteroatoms. The van der Waals surface area contributed by atoms with E-state index in [0.29, 0.717) is 5.92 Å². The number of nitrogens with zero attached hydrogens (tertiary/aromatic N) is 1. The standard InChI is InChI=1S/C7H19N3/c1-3-4-10(9)6-7(2)5-8/h7H,3-6,8-9H2,1-2H3. The summed E-state index contributed by atoms with van der Waals surface area (Å²) < 4.78 is 0. The highest BCUT2D eigenvalue weighted by atomic mass is 15.4. The summed E-state index contributed by atoms with van der Waals surface area (Å²) in [5.41, 5.74) is 5.43. The Hall–Kier alpha value is -0.120. The van der Waals surface area contributed by atoms with E-state index in [-0.39, 0.29) is 0 Å². The molecule has 0 saturated carbocycles. The quantitative estimate of drug-likeness (QED) is 0.428. The molecule has 0 saturated heterocycles. The smallest absolute Gasteiger partial charge is 0.0166 e. The number of hydrogen-bond acceptors (Lipinski definition) is 3. The van der Waals surface area contributed by atoms with Crippen LogP contribution in [0.15, 0.2) is 0 Å². The molecule has 62 valence electrons. The van der Waals surface area contributed by atoms with E-state index in [2.05, 4.69) is 13.8 Å². The van der Waals surface area contributed by atoms with Crippen LogP contribution in [-0.4, -0.2) is 24.6 Å². The van der Waals surface area contributed by atoms with Gasteiger partial charge in [-0.3, -0.25) is 5.84 Å². The Kier molecular flexibility index (Phi) is 5.58.